The fourth-order valence-corrected chi connectivity index (χ4v) is 5.86. The van der Waals surface area contributed by atoms with Gasteiger partial charge >= 0.3 is 6.18 Å². The molecule has 184 valence electrons. The molecule has 2 aromatic rings. The Hall–Kier alpha value is -2.39. The summed E-state index contributed by atoms with van der Waals surface area (Å²) < 4.78 is 41.3. The minimum atomic E-state index is -4.43. The molecule has 2 fully saturated rings. The molecule has 2 aliphatic heterocycles. The molecule has 34 heavy (non-hydrogen) atoms. The molecule has 1 N–H and O–H groups in total. The van der Waals surface area contributed by atoms with Crippen molar-refractivity contribution in [1.29, 1.82) is 0 Å². The lowest BCUT2D eigenvalue weighted by atomic mass is 9.82. The maximum absolute atomic E-state index is 13.2. The van der Waals surface area contributed by atoms with Gasteiger partial charge in [0.1, 0.15) is 0 Å². The number of aromatic nitrogens is 2. The second-order valence-corrected chi connectivity index (χ2v) is 9.94. The Labute approximate surface area is 197 Å². The van der Waals surface area contributed by atoms with Crippen molar-refractivity contribution >= 4 is 5.91 Å². The normalized spacial score (nSPS) is 23.2. The lowest BCUT2D eigenvalue weighted by Gasteiger charge is -2.43. The number of rotatable bonds is 3. The number of carbonyl (C=O) groups excluding carboxylic acids is 1. The molecule has 6 nitrogen and oxygen atoms in total. The van der Waals surface area contributed by atoms with Crippen molar-refractivity contribution in [2.75, 3.05) is 26.2 Å². The van der Waals surface area contributed by atoms with Gasteiger partial charge < -0.3 is 10.0 Å². The zero-order valence-corrected chi connectivity index (χ0v) is 19.4. The second-order valence-electron chi connectivity index (χ2n) is 9.94. The van der Waals surface area contributed by atoms with Gasteiger partial charge in [0.25, 0.3) is 5.91 Å². The first-order chi connectivity index (χ1) is 16.2. The van der Waals surface area contributed by atoms with E-state index in [-0.39, 0.29) is 11.9 Å². The highest BCUT2D eigenvalue weighted by Crippen LogP contribution is 2.38. The number of alkyl halides is 3. The fraction of sp³-hybridized carbons (Fsp3) is 0.600. The number of benzene rings is 1. The molecule has 1 atom stereocenters. The van der Waals surface area contributed by atoms with Gasteiger partial charge in [0.2, 0.25) is 0 Å². The van der Waals surface area contributed by atoms with Crippen LogP contribution in [-0.4, -0.2) is 62.8 Å². The molecule has 1 aromatic carbocycles. The van der Waals surface area contributed by atoms with E-state index in [9.17, 15) is 23.1 Å². The van der Waals surface area contributed by atoms with Gasteiger partial charge in [-0.1, -0.05) is 12.1 Å². The van der Waals surface area contributed by atoms with Crippen LogP contribution in [0.1, 0.15) is 65.0 Å². The fourth-order valence-electron chi connectivity index (χ4n) is 5.86. The quantitative estimate of drug-likeness (QED) is 0.737. The van der Waals surface area contributed by atoms with Crippen molar-refractivity contribution in [3.63, 3.8) is 0 Å². The van der Waals surface area contributed by atoms with E-state index < -0.39 is 17.3 Å². The molecule has 5 rings (SSSR count). The molecule has 3 aliphatic rings. The predicted molar refractivity (Wildman–Crippen MR) is 120 cm³/mol. The highest BCUT2D eigenvalue weighted by atomic mass is 19.4. The van der Waals surface area contributed by atoms with Gasteiger partial charge in [0, 0.05) is 50.5 Å². The molecule has 1 amide bonds. The van der Waals surface area contributed by atoms with E-state index in [0.717, 1.165) is 68.6 Å². The minimum Gasteiger partial charge on any atom is -0.385 e. The van der Waals surface area contributed by atoms with Crippen LogP contribution in [0.25, 0.3) is 0 Å². The van der Waals surface area contributed by atoms with Crippen molar-refractivity contribution in [1.82, 2.24) is 19.6 Å². The Kier molecular flexibility index (Phi) is 5.96. The third-order valence-corrected chi connectivity index (χ3v) is 7.89. The van der Waals surface area contributed by atoms with E-state index in [0.29, 0.717) is 37.2 Å². The topological polar surface area (TPSA) is 61.6 Å². The molecular weight excluding hydrogens is 445 g/mol. The van der Waals surface area contributed by atoms with Crippen molar-refractivity contribution in [2.24, 2.45) is 7.05 Å². The van der Waals surface area contributed by atoms with Gasteiger partial charge in [0.15, 0.2) is 5.69 Å². The first-order valence-corrected chi connectivity index (χ1v) is 12.1. The number of aryl methyl sites for hydroxylation is 1. The van der Waals surface area contributed by atoms with Crippen LogP contribution in [0, 0.1) is 0 Å². The van der Waals surface area contributed by atoms with Crippen LogP contribution in [0.15, 0.2) is 24.3 Å². The second kappa shape index (κ2) is 8.68. The Bertz CT molecular complexity index is 1070. The van der Waals surface area contributed by atoms with E-state index in [1.807, 2.05) is 16.6 Å². The Morgan fingerprint density at radius 2 is 1.85 bits per heavy atom. The smallest absolute Gasteiger partial charge is 0.385 e. The van der Waals surface area contributed by atoms with E-state index in [4.69, 9.17) is 0 Å². The van der Waals surface area contributed by atoms with E-state index in [1.165, 1.54) is 6.07 Å². The summed E-state index contributed by atoms with van der Waals surface area (Å²) in [5, 5.41) is 15.8. The van der Waals surface area contributed by atoms with Gasteiger partial charge in [-0.3, -0.25) is 14.4 Å². The Balaban J connectivity index is 1.29. The number of piperidine rings is 1. The van der Waals surface area contributed by atoms with Crippen molar-refractivity contribution < 1.29 is 23.1 Å². The molecular formula is C25H31F3N4O2. The molecule has 1 aromatic heterocycles. The molecule has 0 bridgehead atoms. The first kappa shape index (κ1) is 23.4. The third kappa shape index (κ3) is 4.24. The summed E-state index contributed by atoms with van der Waals surface area (Å²) >= 11 is 0. The summed E-state index contributed by atoms with van der Waals surface area (Å²) in [5.41, 5.74) is 1.07. The number of halogens is 3. The summed E-state index contributed by atoms with van der Waals surface area (Å²) in [5.74, 6) is 0.0209. The molecule has 0 spiro atoms. The standard InChI is InChI=1S/C25H31F3N4O2/c1-30-21-8-7-19(16-20(21)22(29-30)23(33)32-11-2-3-12-32)31-13-9-24(34,10-14-31)17-5-4-6-18(15-17)25(26,27)28/h4-6,15,19,34H,2-3,7-14,16H2,1H3/t19-/m0/s1. The highest BCUT2D eigenvalue weighted by Gasteiger charge is 2.40. The summed E-state index contributed by atoms with van der Waals surface area (Å²) in [6.07, 6.45) is 0.907. The number of hydrogen-bond acceptors (Lipinski definition) is 4. The highest BCUT2D eigenvalue weighted by molar-refractivity contribution is 5.94. The monoisotopic (exact) mass is 476 g/mol. The Morgan fingerprint density at radius 3 is 2.53 bits per heavy atom. The lowest BCUT2D eigenvalue weighted by Crippen LogP contribution is -2.48. The molecule has 9 heteroatoms. The number of amides is 1. The van der Waals surface area contributed by atoms with Gasteiger partial charge in [0.05, 0.1) is 11.2 Å². The first-order valence-electron chi connectivity index (χ1n) is 12.1. The summed E-state index contributed by atoms with van der Waals surface area (Å²) in [6, 6.07) is 5.30. The number of likely N-dealkylation sites (tertiary alicyclic amines) is 2. The molecule has 0 saturated carbocycles. The van der Waals surface area contributed by atoms with Crippen molar-refractivity contribution in [2.45, 2.75) is 62.8 Å². The average molecular weight is 477 g/mol. The third-order valence-electron chi connectivity index (χ3n) is 7.89. The number of nitrogens with zero attached hydrogens (tertiary/aromatic N) is 4. The molecule has 3 heterocycles. The maximum Gasteiger partial charge on any atom is 0.416 e. The van der Waals surface area contributed by atoms with Crippen LogP contribution < -0.4 is 0 Å². The van der Waals surface area contributed by atoms with E-state index in [1.54, 1.807) is 6.07 Å². The molecule has 1 aliphatic carbocycles. The largest absolute Gasteiger partial charge is 0.416 e. The Morgan fingerprint density at radius 1 is 1.15 bits per heavy atom. The van der Waals surface area contributed by atoms with Crippen LogP contribution in [0.4, 0.5) is 13.2 Å². The zero-order chi connectivity index (χ0) is 24.1. The van der Waals surface area contributed by atoms with Crippen LogP contribution in [0.2, 0.25) is 0 Å². The predicted octanol–water partition coefficient (Wildman–Crippen LogP) is 3.52. The number of fused-ring (bicyclic) bond motifs is 1. The average Bonchev–Trinajstić information content (AvgIpc) is 3.47. The van der Waals surface area contributed by atoms with Crippen molar-refractivity contribution in [3.05, 3.63) is 52.3 Å². The summed E-state index contributed by atoms with van der Waals surface area (Å²) in [4.78, 5) is 17.3. The van der Waals surface area contributed by atoms with Gasteiger partial charge in [-0.05, 0) is 62.6 Å². The minimum absolute atomic E-state index is 0.0209. The molecule has 2 saturated heterocycles. The zero-order valence-electron chi connectivity index (χ0n) is 19.4. The number of aliphatic hydroxyl groups is 1. The number of carbonyl (C=O) groups is 1. The van der Waals surface area contributed by atoms with Crippen molar-refractivity contribution in [3.8, 4) is 0 Å². The van der Waals surface area contributed by atoms with E-state index in [2.05, 4.69) is 10.00 Å². The molecule has 0 unspecified atom stereocenters. The summed E-state index contributed by atoms with van der Waals surface area (Å²) in [7, 11) is 1.90. The van der Waals surface area contributed by atoms with Crippen LogP contribution >= 0.6 is 0 Å². The maximum atomic E-state index is 13.2. The molecule has 0 radical (unpaired) electrons. The van der Waals surface area contributed by atoms with Gasteiger partial charge in [-0.15, -0.1) is 0 Å². The summed E-state index contributed by atoms with van der Waals surface area (Å²) in [6.45, 7) is 2.77. The van der Waals surface area contributed by atoms with Crippen LogP contribution in [0.3, 0.4) is 0 Å². The lowest BCUT2D eigenvalue weighted by molar-refractivity contribution is -0.137. The van der Waals surface area contributed by atoms with Crippen LogP contribution in [0.5, 0.6) is 0 Å². The van der Waals surface area contributed by atoms with Gasteiger partial charge in [-0.25, -0.2) is 0 Å². The van der Waals surface area contributed by atoms with E-state index >= 15 is 0 Å². The number of hydrogen-bond donors (Lipinski definition) is 1. The van der Waals surface area contributed by atoms with Gasteiger partial charge in [-0.2, -0.15) is 18.3 Å². The SMILES string of the molecule is Cn1nc(C(=O)N2CCCC2)c2c1CC[C@H](N1CCC(O)(c3cccc(C(F)(F)F)c3)CC1)C2. The van der Waals surface area contributed by atoms with Crippen LogP contribution in [-0.2, 0) is 31.7 Å².